The molecule has 1 N–H and O–H groups in total. The maximum atomic E-state index is 12.5. The standard InChI is InChI=1S/C21H26N2O2/c1-16(2)18-9-7-17(8-10-18)15-22-11-13-23(14-12-22)21(25)19-5-3-4-6-20(19)24/h3-10,16,24H,11-15H2,1-2H3. The van der Waals surface area contributed by atoms with E-state index in [-0.39, 0.29) is 11.7 Å². The summed E-state index contributed by atoms with van der Waals surface area (Å²) in [5.41, 5.74) is 3.06. The number of carbonyl (C=O) groups is 1. The van der Waals surface area contributed by atoms with Crippen molar-refractivity contribution in [1.29, 1.82) is 0 Å². The number of para-hydroxylation sites is 1. The third kappa shape index (κ3) is 4.20. The van der Waals surface area contributed by atoms with E-state index >= 15 is 0 Å². The van der Waals surface area contributed by atoms with Crippen LogP contribution in [0.3, 0.4) is 0 Å². The minimum atomic E-state index is -0.0842. The normalized spacial score (nSPS) is 15.6. The fraction of sp³-hybridized carbons (Fsp3) is 0.381. The zero-order valence-electron chi connectivity index (χ0n) is 15.0. The molecule has 1 saturated heterocycles. The lowest BCUT2D eigenvalue weighted by molar-refractivity contribution is 0.0625. The number of nitrogens with zero attached hydrogens (tertiary/aromatic N) is 2. The second-order valence-electron chi connectivity index (χ2n) is 6.98. The van der Waals surface area contributed by atoms with Crippen LogP contribution in [-0.2, 0) is 6.54 Å². The molecule has 0 bridgehead atoms. The molecule has 1 amide bonds. The molecule has 1 heterocycles. The molecule has 2 aromatic carbocycles. The summed E-state index contributed by atoms with van der Waals surface area (Å²) in [4.78, 5) is 16.7. The number of hydrogen-bond donors (Lipinski definition) is 1. The molecule has 1 fully saturated rings. The number of phenolic OH excluding ortho intramolecular Hbond substituents is 1. The Bertz CT molecular complexity index is 717. The van der Waals surface area contributed by atoms with E-state index in [1.54, 1.807) is 24.3 Å². The molecule has 4 nitrogen and oxygen atoms in total. The van der Waals surface area contributed by atoms with Crippen LogP contribution in [-0.4, -0.2) is 47.0 Å². The van der Waals surface area contributed by atoms with Gasteiger partial charge in [0.15, 0.2) is 0 Å². The first kappa shape index (κ1) is 17.5. The minimum absolute atomic E-state index is 0.0557. The smallest absolute Gasteiger partial charge is 0.257 e. The maximum absolute atomic E-state index is 12.5. The molecule has 0 atom stereocenters. The molecule has 0 radical (unpaired) electrons. The zero-order chi connectivity index (χ0) is 17.8. The minimum Gasteiger partial charge on any atom is -0.507 e. The highest BCUT2D eigenvalue weighted by Crippen LogP contribution is 2.20. The summed E-state index contributed by atoms with van der Waals surface area (Å²) in [7, 11) is 0. The van der Waals surface area contributed by atoms with Gasteiger partial charge in [-0.3, -0.25) is 9.69 Å². The average Bonchev–Trinajstić information content (AvgIpc) is 2.63. The molecule has 0 unspecified atom stereocenters. The summed E-state index contributed by atoms with van der Waals surface area (Å²) in [5.74, 6) is 0.525. The Hall–Kier alpha value is -2.33. The van der Waals surface area contributed by atoms with Crippen molar-refractivity contribution in [2.24, 2.45) is 0 Å². The van der Waals surface area contributed by atoms with Crippen molar-refractivity contribution in [2.45, 2.75) is 26.3 Å². The maximum Gasteiger partial charge on any atom is 0.257 e. The van der Waals surface area contributed by atoms with Crippen LogP contribution in [0.4, 0.5) is 0 Å². The number of amides is 1. The van der Waals surface area contributed by atoms with E-state index in [9.17, 15) is 9.90 Å². The van der Waals surface area contributed by atoms with Crippen LogP contribution in [0.15, 0.2) is 48.5 Å². The van der Waals surface area contributed by atoms with Crippen molar-refractivity contribution in [2.75, 3.05) is 26.2 Å². The van der Waals surface area contributed by atoms with Gasteiger partial charge in [-0.25, -0.2) is 0 Å². The molecule has 4 heteroatoms. The van der Waals surface area contributed by atoms with E-state index in [4.69, 9.17) is 0 Å². The van der Waals surface area contributed by atoms with Gasteiger partial charge < -0.3 is 10.0 Å². The van der Waals surface area contributed by atoms with E-state index in [0.717, 1.165) is 19.6 Å². The Morgan fingerprint density at radius 2 is 1.64 bits per heavy atom. The van der Waals surface area contributed by atoms with Gasteiger partial charge in [0.1, 0.15) is 5.75 Å². The van der Waals surface area contributed by atoms with Gasteiger partial charge in [0.05, 0.1) is 5.56 Å². The highest BCUT2D eigenvalue weighted by atomic mass is 16.3. The summed E-state index contributed by atoms with van der Waals surface area (Å²) in [6, 6.07) is 15.6. The first-order valence-corrected chi connectivity index (χ1v) is 8.93. The first-order chi connectivity index (χ1) is 12.0. The third-order valence-electron chi connectivity index (χ3n) is 4.85. The molecule has 0 aromatic heterocycles. The molecule has 1 aliphatic heterocycles. The second kappa shape index (κ2) is 7.70. The molecule has 0 saturated carbocycles. The lowest BCUT2D eigenvalue weighted by Gasteiger charge is -2.35. The number of carbonyl (C=O) groups excluding carboxylic acids is 1. The molecular weight excluding hydrogens is 312 g/mol. The van der Waals surface area contributed by atoms with Gasteiger partial charge in [-0.15, -0.1) is 0 Å². The summed E-state index contributed by atoms with van der Waals surface area (Å²) < 4.78 is 0. The molecular formula is C21H26N2O2. The monoisotopic (exact) mass is 338 g/mol. The quantitative estimate of drug-likeness (QED) is 0.928. The Balaban J connectivity index is 1.55. The number of piperazine rings is 1. The van der Waals surface area contributed by atoms with Crippen molar-refractivity contribution >= 4 is 5.91 Å². The summed E-state index contributed by atoms with van der Waals surface area (Å²) in [5, 5.41) is 9.86. The number of hydrogen-bond acceptors (Lipinski definition) is 3. The summed E-state index contributed by atoms with van der Waals surface area (Å²) in [6.07, 6.45) is 0. The van der Waals surface area contributed by atoms with Crippen molar-refractivity contribution in [3.8, 4) is 5.75 Å². The Kier molecular flexibility index (Phi) is 5.39. The molecule has 1 aliphatic rings. The Morgan fingerprint density at radius 1 is 1.00 bits per heavy atom. The molecule has 2 aromatic rings. The van der Waals surface area contributed by atoms with Crippen LogP contribution in [0.5, 0.6) is 5.75 Å². The van der Waals surface area contributed by atoms with Crippen LogP contribution < -0.4 is 0 Å². The second-order valence-corrected chi connectivity index (χ2v) is 6.98. The largest absolute Gasteiger partial charge is 0.507 e. The van der Waals surface area contributed by atoms with Crippen molar-refractivity contribution in [1.82, 2.24) is 9.80 Å². The van der Waals surface area contributed by atoms with Gasteiger partial charge in [0.25, 0.3) is 5.91 Å². The predicted molar refractivity (Wildman–Crippen MR) is 99.8 cm³/mol. The Morgan fingerprint density at radius 3 is 2.24 bits per heavy atom. The first-order valence-electron chi connectivity index (χ1n) is 8.93. The summed E-state index contributed by atoms with van der Waals surface area (Å²) in [6.45, 7) is 8.41. The molecule has 3 rings (SSSR count). The van der Waals surface area contributed by atoms with E-state index in [0.29, 0.717) is 24.6 Å². The zero-order valence-corrected chi connectivity index (χ0v) is 15.0. The van der Waals surface area contributed by atoms with E-state index in [1.807, 2.05) is 4.90 Å². The van der Waals surface area contributed by atoms with Gasteiger partial charge in [0.2, 0.25) is 0 Å². The number of benzene rings is 2. The van der Waals surface area contributed by atoms with Crippen molar-refractivity contribution in [3.63, 3.8) is 0 Å². The van der Waals surface area contributed by atoms with Crippen LogP contribution in [0.2, 0.25) is 0 Å². The van der Waals surface area contributed by atoms with Gasteiger partial charge in [-0.2, -0.15) is 0 Å². The average molecular weight is 338 g/mol. The fourth-order valence-corrected chi connectivity index (χ4v) is 3.20. The fourth-order valence-electron chi connectivity index (χ4n) is 3.20. The van der Waals surface area contributed by atoms with Gasteiger partial charge in [-0.1, -0.05) is 50.2 Å². The predicted octanol–water partition coefficient (Wildman–Crippen LogP) is 3.47. The van der Waals surface area contributed by atoms with Gasteiger partial charge >= 0.3 is 0 Å². The summed E-state index contributed by atoms with van der Waals surface area (Å²) >= 11 is 0. The van der Waals surface area contributed by atoms with E-state index in [1.165, 1.54) is 11.1 Å². The SMILES string of the molecule is CC(C)c1ccc(CN2CCN(C(=O)c3ccccc3O)CC2)cc1. The lowest BCUT2D eigenvalue weighted by atomic mass is 10.0. The number of phenols is 1. The lowest BCUT2D eigenvalue weighted by Crippen LogP contribution is -2.48. The third-order valence-corrected chi connectivity index (χ3v) is 4.85. The molecule has 132 valence electrons. The molecule has 0 aliphatic carbocycles. The Labute approximate surface area is 149 Å². The molecule has 0 spiro atoms. The van der Waals surface area contributed by atoms with Crippen LogP contribution in [0.25, 0.3) is 0 Å². The van der Waals surface area contributed by atoms with Gasteiger partial charge in [-0.05, 0) is 29.2 Å². The van der Waals surface area contributed by atoms with Crippen molar-refractivity contribution in [3.05, 3.63) is 65.2 Å². The molecule has 25 heavy (non-hydrogen) atoms. The topological polar surface area (TPSA) is 43.8 Å². The highest BCUT2D eigenvalue weighted by Gasteiger charge is 2.23. The van der Waals surface area contributed by atoms with E-state index < -0.39 is 0 Å². The highest BCUT2D eigenvalue weighted by molar-refractivity contribution is 5.96. The van der Waals surface area contributed by atoms with Crippen molar-refractivity contribution < 1.29 is 9.90 Å². The van der Waals surface area contributed by atoms with Crippen LogP contribution in [0.1, 0.15) is 41.3 Å². The van der Waals surface area contributed by atoms with Gasteiger partial charge in [0, 0.05) is 32.7 Å². The number of rotatable bonds is 4. The number of aromatic hydroxyl groups is 1. The van der Waals surface area contributed by atoms with E-state index in [2.05, 4.69) is 43.0 Å². The van der Waals surface area contributed by atoms with Crippen LogP contribution in [0, 0.1) is 0 Å². The van der Waals surface area contributed by atoms with Crippen LogP contribution >= 0.6 is 0 Å².